The number of hydrogen-bond acceptors (Lipinski definition) is 4. The SMILES string of the molecule is O=C(Nc1nc2c(s1)CCC2)c1cc(O)ccc1Cl. The number of halogens is 1. The first-order chi connectivity index (χ1) is 9.13. The van der Waals surface area contributed by atoms with E-state index in [4.69, 9.17) is 11.6 Å². The van der Waals surface area contributed by atoms with Crippen LogP contribution in [0.15, 0.2) is 18.2 Å². The number of hydrogen-bond donors (Lipinski definition) is 2. The number of nitrogens with one attached hydrogen (secondary N) is 1. The molecule has 19 heavy (non-hydrogen) atoms. The van der Waals surface area contributed by atoms with Crippen molar-refractivity contribution in [3.05, 3.63) is 39.4 Å². The highest BCUT2D eigenvalue weighted by molar-refractivity contribution is 7.16. The quantitative estimate of drug-likeness (QED) is 0.894. The fourth-order valence-corrected chi connectivity index (χ4v) is 3.34. The Morgan fingerprint density at radius 2 is 2.26 bits per heavy atom. The Balaban J connectivity index is 1.82. The number of fused-ring (bicyclic) bond motifs is 1. The molecule has 1 aliphatic carbocycles. The van der Waals surface area contributed by atoms with Gasteiger partial charge in [0.25, 0.3) is 5.91 Å². The van der Waals surface area contributed by atoms with Crippen molar-refractivity contribution in [2.45, 2.75) is 19.3 Å². The molecule has 1 aliphatic rings. The number of carbonyl (C=O) groups excluding carboxylic acids is 1. The van der Waals surface area contributed by atoms with Gasteiger partial charge in [-0.1, -0.05) is 11.6 Å². The molecule has 6 heteroatoms. The molecule has 0 aliphatic heterocycles. The van der Waals surface area contributed by atoms with E-state index in [-0.39, 0.29) is 17.2 Å². The molecule has 2 N–H and O–H groups in total. The van der Waals surface area contributed by atoms with Crippen LogP contribution in [-0.2, 0) is 12.8 Å². The van der Waals surface area contributed by atoms with Crippen LogP contribution in [0.1, 0.15) is 27.3 Å². The number of nitrogens with zero attached hydrogens (tertiary/aromatic N) is 1. The normalized spacial score (nSPS) is 13.3. The lowest BCUT2D eigenvalue weighted by Gasteiger charge is -2.04. The summed E-state index contributed by atoms with van der Waals surface area (Å²) in [5, 5.41) is 13.0. The molecule has 0 fully saturated rings. The summed E-state index contributed by atoms with van der Waals surface area (Å²) in [5.41, 5.74) is 1.33. The average Bonchev–Trinajstić information content (AvgIpc) is 2.92. The maximum Gasteiger partial charge on any atom is 0.259 e. The number of aromatic nitrogens is 1. The van der Waals surface area contributed by atoms with Gasteiger partial charge in [-0.25, -0.2) is 4.98 Å². The zero-order valence-electron chi connectivity index (χ0n) is 9.94. The Morgan fingerprint density at radius 1 is 1.42 bits per heavy atom. The van der Waals surface area contributed by atoms with E-state index < -0.39 is 0 Å². The minimum Gasteiger partial charge on any atom is -0.508 e. The number of benzene rings is 1. The van der Waals surface area contributed by atoms with Gasteiger partial charge in [-0.2, -0.15) is 0 Å². The van der Waals surface area contributed by atoms with E-state index in [1.807, 2.05) is 0 Å². The Labute approximate surface area is 119 Å². The summed E-state index contributed by atoms with van der Waals surface area (Å²) in [6.45, 7) is 0. The van der Waals surface area contributed by atoms with Crippen molar-refractivity contribution in [1.82, 2.24) is 4.98 Å². The van der Waals surface area contributed by atoms with Crippen LogP contribution in [0, 0.1) is 0 Å². The second-order valence-electron chi connectivity index (χ2n) is 4.36. The van der Waals surface area contributed by atoms with Crippen LogP contribution in [0.3, 0.4) is 0 Å². The molecule has 0 saturated carbocycles. The van der Waals surface area contributed by atoms with Gasteiger partial charge in [0.05, 0.1) is 16.3 Å². The molecular formula is C13H11ClN2O2S. The Bertz CT molecular complexity index is 633. The van der Waals surface area contributed by atoms with Gasteiger partial charge in [-0.15, -0.1) is 11.3 Å². The molecule has 0 saturated heterocycles. The van der Waals surface area contributed by atoms with Crippen LogP contribution < -0.4 is 5.32 Å². The number of carbonyl (C=O) groups is 1. The van der Waals surface area contributed by atoms with Gasteiger partial charge in [-0.3, -0.25) is 10.1 Å². The monoisotopic (exact) mass is 294 g/mol. The third kappa shape index (κ3) is 2.43. The Kier molecular flexibility index (Phi) is 3.16. The largest absolute Gasteiger partial charge is 0.508 e. The second kappa shape index (κ2) is 4.83. The summed E-state index contributed by atoms with van der Waals surface area (Å²) >= 11 is 7.45. The van der Waals surface area contributed by atoms with Crippen molar-refractivity contribution in [2.24, 2.45) is 0 Å². The van der Waals surface area contributed by atoms with E-state index in [9.17, 15) is 9.90 Å². The number of rotatable bonds is 2. The highest BCUT2D eigenvalue weighted by Crippen LogP contribution is 2.31. The lowest BCUT2D eigenvalue weighted by molar-refractivity contribution is 0.102. The number of phenolic OH excluding ortho intramolecular Hbond substituents is 1. The Morgan fingerprint density at radius 3 is 3.05 bits per heavy atom. The Hall–Kier alpha value is -1.59. The number of aromatic hydroxyl groups is 1. The van der Waals surface area contributed by atoms with Crippen LogP contribution in [0.4, 0.5) is 5.13 Å². The lowest BCUT2D eigenvalue weighted by Crippen LogP contribution is -2.12. The van der Waals surface area contributed by atoms with E-state index in [2.05, 4.69) is 10.3 Å². The number of phenols is 1. The van der Waals surface area contributed by atoms with E-state index >= 15 is 0 Å². The first kappa shape index (κ1) is 12.4. The van der Waals surface area contributed by atoms with Gasteiger partial charge in [-0.05, 0) is 37.5 Å². The molecule has 0 unspecified atom stereocenters. The maximum atomic E-state index is 12.1. The molecule has 3 rings (SSSR count). The van der Waals surface area contributed by atoms with E-state index in [0.29, 0.717) is 10.2 Å². The summed E-state index contributed by atoms with van der Waals surface area (Å²) in [6, 6.07) is 4.28. The standard InChI is InChI=1S/C13H11ClN2O2S/c14-9-5-4-7(17)6-8(9)12(18)16-13-15-10-2-1-3-11(10)19-13/h4-6,17H,1-3H2,(H,15,16,18). The highest BCUT2D eigenvalue weighted by Gasteiger charge is 2.19. The van der Waals surface area contributed by atoms with Gasteiger partial charge in [0, 0.05) is 4.88 Å². The number of thiazole rings is 1. The third-order valence-corrected chi connectivity index (χ3v) is 4.41. The smallest absolute Gasteiger partial charge is 0.259 e. The molecule has 0 atom stereocenters. The van der Waals surface area contributed by atoms with Crippen LogP contribution >= 0.6 is 22.9 Å². The van der Waals surface area contributed by atoms with Crippen molar-refractivity contribution < 1.29 is 9.90 Å². The van der Waals surface area contributed by atoms with E-state index in [0.717, 1.165) is 25.0 Å². The van der Waals surface area contributed by atoms with Crippen molar-refractivity contribution in [1.29, 1.82) is 0 Å². The molecule has 0 radical (unpaired) electrons. The zero-order valence-corrected chi connectivity index (χ0v) is 11.5. The van der Waals surface area contributed by atoms with Crippen molar-refractivity contribution in [2.75, 3.05) is 5.32 Å². The molecular weight excluding hydrogens is 284 g/mol. The van der Waals surface area contributed by atoms with Gasteiger partial charge in [0.2, 0.25) is 0 Å². The minimum atomic E-state index is -0.353. The summed E-state index contributed by atoms with van der Waals surface area (Å²) in [7, 11) is 0. The molecule has 2 aromatic rings. The van der Waals surface area contributed by atoms with Gasteiger partial charge in [0.1, 0.15) is 5.75 Å². The number of amides is 1. The molecule has 1 amide bonds. The molecule has 98 valence electrons. The second-order valence-corrected chi connectivity index (χ2v) is 5.85. The molecule has 1 aromatic heterocycles. The highest BCUT2D eigenvalue weighted by atomic mass is 35.5. The maximum absolute atomic E-state index is 12.1. The molecule has 4 nitrogen and oxygen atoms in total. The topological polar surface area (TPSA) is 62.2 Å². The number of anilines is 1. The summed E-state index contributed by atoms with van der Waals surface area (Å²) in [5.74, 6) is -0.343. The van der Waals surface area contributed by atoms with Gasteiger partial charge >= 0.3 is 0 Å². The molecule has 0 spiro atoms. The van der Waals surface area contributed by atoms with Crippen LogP contribution in [0.5, 0.6) is 5.75 Å². The molecule has 1 aromatic carbocycles. The predicted octanol–water partition coefficient (Wildman–Crippen LogP) is 3.24. The van der Waals surface area contributed by atoms with E-state index in [1.165, 1.54) is 34.4 Å². The molecule has 0 bridgehead atoms. The van der Waals surface area contributed by atoms with Crippen LogP contribution in [0.25, 0.3) is 0 Å². The van der Waals surface area contributed by atoms with E-state index in [1.54, 1.807) is 0 Å². The fourth-order valence-electron chi connectivity index (χ4n) is 2.10. The predicted molar refractivity (Wildman–Crippen MR) is 75.2 cm³/mol. The summed E-state index contributed by atoms with van der Waals surface area (Å²) in [6.07, 6.45) is 3.16. The summed E-state index contributed by atoms with van der Waals surface area (Å²) in [4.78, 5) is 17.7. The third-order valence-electron chi connectivity index (χ3n) is 3.01. The number of aryl methyl sites for hydroxylation is 2. The van der Waals surface area contributed by atoms with Crippen LogP contribution in [0.2, 0.25) is 5.02 Å². The van der Waals surface area contributed by atoms with Crippen molar-refractivity contribution >= 4 is 34.0 Å². The summed E-state index contributed by atoms with van der Waals surface area (Å²) < 4.78 is 0. The van der Waals surface area contributed by atoms with Gasteiger partial charge in [0.15, 0.2) is 5.13 Å². The van der Waals surface area contributed by atoms with Crippen molar-refractivity contribution in [3.63, 3.8) is 0 Å². The lowest BCUT2D eigenvalue weighted by atomic mass is 10.2. The first-order valence-electron chi connectivity index (χ1n) is 5.92. The van der Waals surface area contributed by atoms with Crippen LogP contribution in [-0.4, -0.2) is 16.0 Å². The minimum absolute atomic E-state index is 0.0104. The fraction of sp³-hybridized carbons (Fsp3) is 0.231. The van der Waals surface area contributed by atoms with Gasteiger partial charge < -0.3 is 5.11 Å². The first-order valence-corrected chi connectivity index (χ1v) is 7.11. The van der Waals surface area contributed by atoms with Crippen molar-refractivity contribution in [3.8, 4) is 5.75 Å². The molecule has 1 heterocycles. The average molecular weight is 295 g/mol. The zero-order chi connectivity index (χ0) is 13.4.